The van der Waals surface area contributed by atoms with Crippen LogP contribution in [0.2, 0.25) is 0 Å². The summed E-state index contributed by atoms with van der Waals surface area (Å²) in [6.45, 7) is -5.52. The largest absolute Gasteiger partial charge is 0.289 e. The summed E-state index contributed by atoms with van der Waals surface area (Å²) in [6.07, 6.45) is 0. The van der Waals surface area contributed by atoms with E-state index in [4.69, 9.17) is 0 Å². The molecule has 0 aliphatic heterocycles. The van der Waals surface area contributed by atoms with Crippen molar-refractivity contribution in [1.29, 1.82) is 0 Å². The number of carbonyl (C=O) groups excluding carboxylic acids is 2. The molecule has 326 valence electrons. The summed E-state index contributed by atoms with van der Waals surface area (Å²) in [5.74, 6) is -0.0285. The van der Waals surface area contributed by atoms with Gasteiger partial charge in [0.2, 0.25) is 0 Å². The molecular weight excluding hydrogens is 863 g/mol. The lowest BCUT2D eigenvalue weighted by Crippen LogP contribution is -2.34. The van der Waals surface area contributed by atoms with Crippen LogP contribution in [0.3, 0.4) is 0 Å². The first-order valence-electron chi connectivity index (χ1n) is 22.9. The van der Waals surface area contributed by atoms with E-state index in [2.05, 4.69) is 170 Å². The normalized spacial score (nSPS) is 11.4. The van der Waals surface area contributed by atoms with Crippen molar-refractivity contribution in [2.75, 3.05) is 0 Å². The molecule has 0 saturated carbocycles. The Morgan fingerprint density at radius 1 is 0.206 bits per heavy atom. The van der Waals surface area contributed by atoms with E-state index in [-0.39, 0.29) is 11.6 Å². The Morgan fingerprint density at radius 3 is 0.603 bits per heavy atom. The maximum atomic E-state index is 15.6. The van der Waals surface area contributed by atoms with E-state index in [1.165, 1.54) is 0 Å². The van der Waals surface area contributed by atoms with Gasteiger partial charge >= 0.3 is 0 Å². The van der Waals surface area contributed by atoms with E-state index < -0.39 is 13.8 Å². The first kappa shape index (κ1) is 44.0. The van der Waals surface area contributed by atoms with Crippen molar-refractivity contribution < 1.29 is 9.59 Å². The number of ketones is 2. The summed E-state index contributed by atoms with van der Waals surface area (Å²) in [7, 11) is 0. The lowest BCUT2D eigenvalue weighted by Gasteiger charge is -2.33. The molecule has 0 saturated heterocycles. The van der Waals surface area contributed by atoms with Gasteiger partial charge in [0.15, 0.2) is 11.6 Å². The zero-order valence-corrected chi connectivity index (χ0v) is 39.2. The summed E-state index contributed by atoms with van der Waals surface area (Å²) in [5, 5.41) is 8.22. The molecule has 0 aromatic heterocycles. The molecule has 68 heavy (non-hydrogen) atoms. The molecule has 0 radical (unpaired) electrons. The highest BCUT2D eigenvalue weighted by atomic mass is 31.2. The highest BCUT2D eigenvalue weighted by Gasteiger charge is 2.36. The fourth-order valence-electron chi connectivity index (χ4n) is 9.63. The highest BCUT2D eigenvalue weighted by molar-refractivity contribution is 7.97. The van der Waals surface area contributed by atoms with Crippen LogP contribution in [-0.4, -0.2) is 22.2 Å². The molecule has 0 aliphatic carbocycles. The van der Waals surface area contributed by atoms with Gasteiger partial charge in [0.25, 0.3) is 0 Å². The van der Waals surface area contributed by atoms with Crippen LogP contribution >= 0.6 is 13.8 Å². The third-order valence-corrected chi connectivity index (χ3v) is 21.4. The maximum Gasteiger partial charge on any atom is 0.194 e. The second-order valence-corrected chi connectivity index (χ2v) is 23.3. The summed E-state index contributed by atoms with van der Waals surface area (Å²) in [4.78, 5) is 31.2. The summed E-state index contributed by atoms with van der Waals surface area (Å²) in [6, 6.07) is 99.5. The van der Waals surface area contributed by atoms with Crippen molar-refractivity contribution >= 4 is 67.8 Å². The lowest BCUT2D eigenvalue weighted by molar-refractivity contribution is 0.106. The molecule has 10 rings (SSSR count). The van der Waals surface area contributed by atoms with Gasteiger partial charge in [-0.1, -0.05) is 291 Å². The molecule has 2 nitrogen and oxygen atoms in total. The van der Waals surface area contributed by atoms with Crippen LogP contribution in [0, 0.1) is 0 Å². The van der Waals surface area contributed by atoms with Crippen LogP contribution in [0.15, 0.2) is 291 Å². The van der Waals surface area contributed by atoms with Crippen LogP contribution in [0.1, 0.15) is 31.8 Å². The van der Waals surface area contributed by atoms with Crippen molar-refractivity contribution in [3.05, 3.63) is 313 Å². The van der Waals surface area contributed by atoms with Crippen LogP contribution < -0.4 is 31.8 Å². The Bertz CT molecular complexity index is 2970. The average molecular weight is 911 g/mol. The van der Waals surface area contributed by atoms with Gasteiger partial charge in [-0.25, -0.2) is 0 Å². The van der Waals surface area contributed by atoms with Crippen molar-refractivity contribution in [2.45, 2.75) is 0 Å². The van der Waals surface area contributed by atoms with Crippen LogP contribution in [0.25, 0.3) is 11.1 Å². The average Bonchev–Trinajstić information content (AvgIpc) is 3.43. The Labute approximate surface area is 399 Å². The van der Waals surface area contributed by atoms with Crippen molar-refractivity contribution in [1.82, 2.24) is 0 Å². The molecule has 0 aliphatic rings. The number of Topliss-reactive ketones (excluding diaryl/α,β-unsaturated/α-hetero) is 2. The Morgan fingerprint density at radius 2 is 0.397 bits per heavy atom. The SMILES string of the molecule is O=C(C(c1ccccc1)=P(c1ccccc1)(c1ccccc1)c1ccccc1)c1ccc(-c2ccc(C(=O)C(c3ccccc3)=P(c3ccccc3)(c3ccccc3)c3ccccc3)cc2)cc1. The quantitative estimate of drug-likeness (QED) is 0.0853. The van der Waals surface area contributed by atoms with Crippen LogP contribution in [0.4, 0.5) is 0 Å². The Balaban J connectivity index is 1.10. The number of carbonyl (C=O) groups is 2. The number of benzene rings is 10. The maximum absolute atomic E-state index is 15.6. The lowest BCUT2D eigenvalue weighted by atomic mass is 9.97. The van der Waals surface area contributed by atoms with Gasteiger partial charge in [-0.05, 0) is 67.9 Å². The second-order valence-electron chi connectivity index (χ2n) is 16.6. The molecule has 0 spiro atoms. The van der Waals surface area contributed by atoms with Gasteiger partial charge in [0, 0.05) is 21.7 Å². The molecule has 10 aromatic carbocycles. The second kappa shape index (κ2) is 19.9. The summed E-state index contributed by atoms with van der Waals surface area (Å²) < 4.78 is 0. The third-order valence-electron chi connectivity index (χ3n) is 12.7. The van der Waals surface area contributed by atoms with Gasteiger partial charge in [0.1, 0.15) is 0 Å². The molecule has 0 heterocycles. The zero-order chi connectivity index (χ0) is 46.2. The Hall–Kier alpha value is -7.86. The molecule has 0 unspecified atom stereocenters. The van der Waals surface area contributed by atoms with Gasteiger partial charge in [-0.15, -0.1) is 0 Å². The van der Waals surface area contributed by atoms with E-state index in [0.717, 1.165) is 64.7 Å². The standard InChI is InChI=1S/C64H48O2P2/c65-61(63(53-25-9-1-10-26-53)67(55-29-13-3-14-30-55,56-31-15-4-16-32-56)57-33-17-5-18-34-57)51-45-41-49(42-46-51)50-43-47-52(48-44-50)62(66)64(54-27-11-2-12-28-54)68(58-35-19-6-20-36-58,59-37-21-7-22-38-59)60-39-23-8-24-40-60/h1-48H. The predicted molar refractivity (Wildman–Crippen MR) is 292 cm³/mol. The third kappa shape index (κ3) is 8.20. The van der Waals surface area contributed by atoms with Crippen molar-refractivity contribution in [3.8, 4) is 11.1 Å². The number of rotatable bonds is 13. The van der Waals surface area contributed by atoms with E-state index in [0.29, 0.717) is 11.1 Å². The van der Waals surface area contributed by atoms with Crippen LogP contribution in [0.5, 0.6) is 0 Å². The first-order chi connectivity index (χ1) is 33.6. The minimum Gasteiger partial charge on any atom is -0.289 e. The van der Waals surface area contributed by atoms with E-state index >= 15 is 9.59 Å². The monoisotopic (exact) mass is 910 g/mol. The Kier molecular flexibility index (Phi) is 12.9. The van der Waals surface area contributed by atoms with E-state index in [1.807, 2.05) is 121 Å². The molecule has 0 amide bonds. The number of hydrogen-bond donors (Lipinski definition) is 0. The van der Waals surface area contributed by atoms with Gasteiger partial charge < -0.3 is 0 Å². The molecule has 4 heteroatoms. The van der Waals surface area contributed by atoms with Gasteiger partial charge in [-0.2, -0.15) is 0 Å². The van der Waals surface area contributed by atoms with Crippen molar-refractivity contribution in [3.63, 3.8) is 0 Å². The van der Waals surface area contributed by atoms with Crippen LogP contribution in [-0.2, 0) is 0 Å². The molecule has 0 atom stereocenters. The van der Waals surface area contributed by atoms with E-state index in [9.17, 15) is 0 Å². The van der Waals surface area contributed by atoms with Gasteiger partial charge in [-0.3, -0.25) is 9.59 Å². The fraction of sp³-hybridized carbons (Fsp3) is 0. The zero-order valence-electron chi connectivity index (χ0n) is 37.4. The molecule has 0 N–H and O–H groups in total. The number of hydrogen-bond acceptors (Lipinski definition) is 2. The van der Waals surface area contributed by atoms with Crippen molar-refractivity contribution in [2.24, 2.45) is 0 Å². The topological polar surface area (TPSA) is 34.1 Å². The first-order valence-corrected chi connectivity index (χ1v) is 26.5. The summed E-state index contributed by atoms with van der Waals surface area (Å²) >= 11 is 0. The minimum absolute atomic E-state index is 0.0142. The molecular formula is C64H48O2P2. The molecule has 10 aromatic rings. The smallest absolute Gasteiger partial charge is 0.194 e. The molecule has 0 fully saturated rings. The summed E-state index contributed by atoms with van der Waals surface area (Å²) in [5.41, 5.74) is 4.91. The fourth-order valence-corrected chi connectivity index (χ4v) is 18.6. The predicted octanol–water partition coefficient (Wildman–Crippen LogP) is 12.1. The molecule has 0 bridgehead atoms. The van der Waals surface area contributed by atoms with E-state index in [1.54, 1.807) is 0 Å². The highest BCUT2D eigenvalue weighted by Crippen LogP contribution is 2.50. The minimum atomic E-state index is -2.76. The van der Waals surface area contributed by atoms with Gasteiger partial charge in [0.05, 0.1) is 0 Å².